The Balaban J connectivity index is 1.54. The van der Waals surface area contributed by atoms with E-state index in [1.165, 1.54) is 12.1 Å². The van der Waals surface area contributed by atoms with E-state index in [-0.39, 0.29) is 10.8 Å². The van der Waals surface area contributed by atoms with Gasteiger partial charge in [0.2, 0.25) is 0 Å². The van der Waals surface area contributed by atoms with Gasteiger partial charge in [-0.05, 0) is 45.7 Å². The van der Waals surface area contributed by atoms with E-state index >= 15 is 0 Å². The highest BCUT2D eigenvalue weighted by Gasteiger charge is 2.63. The third kappa shape index (κ3) is 4.28. The van der Waals surface area contributed by atoms with Gasteiger partial charge >= 0.3 is 0 Å². The molecule has 0 spiro atoms. The van der Waals surface area contributed by atoms with Gasteiger partial charge in [-0.15, -0.1) is 0 Å². The molecule has 0 amide bonds. The van der Waals surface area contributed by atoms with Gasteiger partial charge in [0.1, 0.15) is 6.10 Å². The highest BCUT2D eigenvalue weighted by Crippen LogP contribution is 2.43. The van der Waals surface area contributed by atoms with E-state index in [1.807, 2.05) is 6.92 Å². The van der Waals surface area contributed by atoms with E-state index in [0.717, 1.165) is 31.2 Å². The Kier molecular flexibility index (Phi) is 5.73. The van der Waals surface area contributed by atoms with Crippen LogP contribution in [0, 0.1) is 24.7 Å². The van der Waals surface area contributed by atoms with E-state index in [1.54, 1.807) is 26.0 Å². The Morgan fingerprint density at radius 1 is 1.17 bits per heavy atom. The first-order valence-electron chi connectivity index (χ1n) is 10.3. The summed E-state index contributed by atoms with van der Waals surface area (Å²) in [6, 6.07) is 6.35. The molecule has 1 saturated carbocycles. The average Bonchev–Trinajstić information content (AvgIpc) is 3.35. The summed E-state index contributed by atoms with van der Waals surface area (Å²) in [6.07, 6.45) is 1.49. The summed E-state index contributed by atoms with van der Waals surface area (Å²) in [5, 5.41) is 11.4. The molecule has 8 heteroatoms. The highest BCUT2D eigenvalue weighted by molar-refractivity contribution is 7.86. The van der Waals surface area contributed by atoms with Gasteiger partial charge in [-0.2, -0.15) is 8.42 Å². The first kappa shape index (κ1) is 21.8. The topological polar surface area (TPSA) is 91.3 Å². The maximum atomic E-state index is 12.6. The molecular formula is C22H28O7S. The molecule has 0 bridgehead atoms. The summed E-state index contributed by atoms with van der Waals surface area (Å²) in [6.45, 7) is 4.93. The van der Waals surface area contributed by atoms with Gasteiger partial charge in [0.05, 0.1) is 11.5 Å². The molecular weight excluding hydrogens is 408 g/mol. The molecule has 2 heterocycles. The number of hydrogen-bond acceptors (Lipinski definition) is 7. The fourth-order valence-corrected chi connectivity index (χ4v) is 5.01. The van der Waals surface area contributed by atoms with Gasteiger partial charge in [-0.3, -0.25) is 4.18 Å². The first-order valence-corrected chi connectivity index (χ1v) is 11.7. The molecule has 30 heavy (non-hydrogen) atoms. The Bertz CT molecular complexity index is 938. The van der Waals surface area contributed by atoms with Crippen LogP contribution in [0.15, 0.2) is 29.2 Å². The Labute approximate surface area is 177 Å². The third-order valence-electron chi connectivity index (χ3n) is 5.80. The molecule has 2 saturated heterocycles. The van der Waals surface area contributed by atoms with Crippen molar-refractivity contribution in [3.05, 3.63) is 29.8 Å². The van der Waals surface area contributed by atoms with E-state index in [9.17, 15) is 13.5 Å². The molecule has 2 aliphatic heterocycles. The normalized spacial score (nSPS) is 33.3. The summed E-state index contributed by atoms with van der Waals surface area (Å²) in [4.78, 5) is 0.0421. The van der Waals surface area contributed by atoms with Crippen LogP contribution in [0.5, 0.6) is 0 Å². The van der Waals surface area contributed by atoms with Crippen molar-refractivity contribution < 1.29 is 31.9 Å². The molecule has 1 unspecified atom stereocenters. The zero-order valence-corrected chi connectivity index (χ0v) is 18.3. The minimum absolute atomic E-state index is 0.0421. The number of benzene rings is 1. The lowest BCUT2D eigenvalue weighted by molar-refractivity contribution is -0.224. The van der Waals surface area contributed by atoms with Gasteiger partial charge in [0.25, 0.3) is 10.1 Å². The molecule has 164 valence electrons. The molecule has 1 aliphatic carbocycles. The van der Waals surface area contributed by atoms with Crippen molar-refractivity contribution in [3.63, 3.8) is 0 Å². The molecule has 1 aromatic rings. The molecule has 7 nitrogen and oxygen atoms in total. The molecule has 0 radical (unpaired) electrons. The largest absolute Gasteiger partial charge is 0.372 e. The maximum absolute atomic E-state index is 12.6. The van der Waals surface area contributed by atoms with Gasteiger partial charge in [-0.25, -0.2) is 0 Å². The Morgan fingerprint density at radius 3 is 2.50 bits per heavy atom. The van der Waals surface area contributed by atoms with Crippen molar-refractivity contribution in [3.8, 4) is 11.8 Å². The summed E-state index contributed by atoms with van der Waals surface area (Å²) in [5.74, 6) is 5.37. The van der Waals surface area contributed by atoms with Crippen molar-refractivity contribution in [1.82, 2.24) is 0 Å². The van der Waals surface area contributed by atoms with Crippen LogP contribution in [-0.4, -0.2) is 50.0 Å². The van der Waals surface area contributed by atoms with E-state index in [4.69, 9.17) is 18.4 Å². The number of rotatable bonds is 4. The lowest BCUT2D eigenvalue weighted by Gasteiger charge is -2.29. The Hall–Kier alpha value is -1.47. The number of fused-ring (bicyclic) bond motifs is 1. The second kappa shape index (κ2) is 7.90. The summed E-state index contributed by atoms with van der Waals surface area (Å²) >= 11 is 0. The molecule has 4 atom stereocenters. The van der Waals surface area contributed by atoms with Gasteiger partial charge in [0.15, 0.2) is 23.8 Å². The van der Waals surface area contributed by atoms with E-state index in [0.29, 0.717) is 0 Å². The highest BCUT2D eigenvalue weighted by atomic mass is 32.2. The fraction of sp³-hybridized carbons (Fsp3) is 0.636. The van der Waals surface area contributed by atoms with Crippen molar-refractivity contribution in [1.29, 1.82) is 0 Å². The van der Waals surface area contributed by atoms with Crippen LogP contribution < -0.4 is 0 Å². The number of aryl methyl sites for hydroxylation is 1. The molecule has 1 aromatic carbocycles. The van der Waals surface area contributed by atoms with E-state index < -0.39 is 46.6 Å². The van der Waals surface area contributed by atoms with Crippen molar-refractivity contribution in [2.24, 2.45) is 5.92 Å². The lowest BCUT2D eigenvalue weighted by Crippen LogP contribution is -2.49. The molecule has 0 aromatic heterocycles. The summed E-state index contributed by atoms with van der Waals surface area (Å²) in [5.41, 5.74) is -0.793. The van der Waals surface area contributed by atoms with Crippen LogP contribution in [0.25, 0.3) is 0 Å². The van der Waals surface area contributed by atoms with Gasteiger partial charge in [0, 0.05) is 5.92 Å². The number of hydrogen-bond donors (Lipinski definition) is 1. The maximum Gasteiger partial charge on any atom is 0.297 e. The quantitative estimate of drug-likeness (QED) is 0.573. The standard InChI is InChI=1S/C22H28O7S/c1-15-8-10-17(11-9-15)30(24,25)26-14-18-22(23,13-12-16-6-4-5-7-16)19-20(27-18)29-21(2,3)28-19/h8-11,16,18-20,23H,4-7,14H2,1-3H3/t18?,19-,20+,22+/m0/s1. The monoisotopic (exact) mass is 436 g/mol. The smallest absolute Gasteiger partial charge is 0.297 e. The molecule has 4 rings (SSSR count). The third-order valence-corrected chi connectivity index (χ3v) is 7.09. The van der Waals surface area contributed by atoms with Gasteiger partial charge < -0.3 is 19.3 Å². The molecule has 1 N–H and O–H groups in total. The predicted octanol–water partition coefficient (Wildman–Crippen LogP) is 2.50. The predicted molar refractivity (Wildman–Crippen MR) is 108 cm³/mol. The summed E-state index contributed by atoms with van der Waals surface area (Å²) in [7, 11) is -4.01. The zero-order chi connectivity index (χ0) is 21.6. The number of ether oxygens (including phenoxy) is 3. The SMILES string of the molecule is Cc1ccc(S(=O)(=O)OCC2O[C@@H]3OC(C)(C)O[C@@H]3[C@@]2(O)C#CC2CCCC2)cc1. The zero-order valence-electron chi connectivity index (χ0n) is 17.5. The molecule has 3 aliphatic rings. The van der Waals surface area contributed by atoms with Crippen molar-refractivity contribution in [2.75, 3.05) is 6.61 Å². The fourth-order valence-electron chi connectivity index (χ4n) is 4.11. The van der Waals surface area contributed by atoms with Crippen LogP contribution in [0.3, 0.4) is 0 Å². The minimum atomic E-state index is -4.01. The van der Waals surface area contributed by atoms with Gasteiger partial charge in [-0.1, -0.05) is 42.4 Å². The lowest BCUT2D eigenvalue weighted by atomic mass is 9.92. The first-order chi connectivity index (χ1) is 14.1. The Morgan fingerprint density at radius 2 is 1.83 bits per heavy atom. The van der Waals surface area contributed by atoms with Crippen molar-refractivity contribution >= 4 is 10.1 Å². The second-order valence-corrected chi connectivity index (χ2v) is 10.3. The van der Waals surface area contributed by atoms with Crippen LogP contribution in [0.4, 0.5) is 0 Å². The summed E-state index contributed by atoms with van der Waals surface area (Å²) < 4.78 is 47.8. The van der Waals surface area contributed by atoms with Crippen LogP contribution in [-0.2, 0) is 28.5 Å². The van der Waals surface area contributed by atoms with Crippen LogP contribution in [0.2, 0.25) is 0 Å². The second-order valence-electron chi connectivity index (χ2n) is 8.68. The minimum Gasteiger partial charge on any atom is -0.372 e. The molecule has 3 fully saturated rings. The van der Waals surface area contributed by atoms with Crippen LogP contribution >= 0.6 is 0 Å². The van der Waals surface area contributed by atoms with Crippen LogP contribution in [0.1, 0.15) is 45.1 Å². The van der Waals surface area contributed by atoms with Crippen molar-refractivity contribution in [2.45, 2.75) is 81.2 Å². The number of aliphatic hydroxyl groups is 1. The van der Waals surface area contributed by atoms with E-state index in [2.05, 4.69) is 11.8 Å². The average molecular weight is 437 g/mol.